The molecule has 39 heavy (non-hydrogen) atoms. The van der Waals surface area contributed by atoms with E-state index in [4.69, 9.17) is 5.11 Å². The minimum Gasteiger partial charge on any atom is -0.465 e. The molecule has 4 rings (SSSR count). The van der Waals surface area contributed by atoms with E-state index in [2.05, 4.69) is 21.3 Å². The van der Waals surface area contributed by atoms with Crippen LogP contribution in [0.3, 0.4) is 0 Å². The third kappa shape index (κ3) is 6.60. The van der Waals surface area contributed by atoms with E-state index in [9.17, 15) is 19.2 Å². The molecule has 0 aliphatic rings. The molecule has 0 aliphatic carbocycles. The molecule has 4 aromatic rings. The zero-order valence-corrected chi connectivity index (χ0v) is 22.5. The quantitative estimate of drug-likeness (QED) is 0.0930. The number of para-hydroxylation sites is 4. The molecule has 9 nitrogen and oxygen atoms in total. The molecule has 196 valence electrons. The Labute approximate surface area is 237 Å². The smallest absolute Gasteiger partial charge is 0.409 e. The minimum atomic E-state index is -1.68. The highest BCUT2D eigenvalue weighted by atomic mass is 127. The average molecular weight is 634 g/mol. The maximum atomic E-state index is 13.5. The molecule has 0 heterocycles. The van der Waals surface area contributed by atoms with Crippen LogP contribution >= 0.6 is 22.6 Å². The van der Waals surface area contributed by atoms with E-state index in [-0.39, 0.29) is 16.9 Å². The maximum absolute atomic E-state index is 13.5. The van der Waals surface area contributed by atoms with Crippen molar-refractivity contribution >= 4 is 69.2 Å². The van der Waals surface area contributed by atoms with E-state index >= 15 is 0 Å². The summed E-state index contributed by atoms with van der Waals surface area (Å²) < 4.78 is -1.68. The SMILES string of the molecule is O=C(O)Nc1ccccc1NC(=O)c1ccc(C(I)(C(=O)Nc2ccccc2)C(=O)Nc2ccccc2)cc1. The Morgan fingerprint density at radius 3 is 1.46 bits per heavy atom. The lowest BCUT2D eigenvalue weighted by Gasteiger charge is -2.26. The first-order valence-electron chi connectivity index (χ1n) is 11.7. The first kappa shape index (κ1) is 27.3. The molecular weight excluding hydrogens is 611 g/mol. The number of amides is 4. The van der Waals surface area contributed by atoms with Gasteiger partial charge in [-0.05, 0) is 54.1 Å². The Bertz CT molecular complexity index is 1440. The number of hydrogen-bond donors (Lipinski definition) is 5. The number of hydrogen-bond acceptors (Lipinski definition) is 4. The number of anilines is 4. The van der Waals surface area contributed by atoms with Crippen LogP contribution in [0.1, 0.15) is 15.9 Å². The number of rotatable bonds is 8. The fraction of sp³-hybridized carbons (Fsp3) is 0.0345. The van der Waals surface area contributed by atoms with Crippen LogP contribution in [-0.4, -0.2) is 28.9 Å². The Kier molecular flexibility index (Phi) is 8.56. The highest BCUT2D eigenvalue weighted by Gasteiger charge is 2.45. The molecule has 0 radical (unpaired) electrons. The number of alkyl halides is 1. The minimum absolute atomic E-state index is 0.219. The van der Waals surface area contributed by atoms with Crippen molar-refractivity contribution in [1.82, 2.24) is 0 Å². The van der Waals surface area contributed by atoms with Crippen LogP contribution in [0.2, 0.25) is 0 Å². The van der Waals surface area contributed by atoms with Crippen LogP contribution in [0, 0.1) is 0 Å². The zero-order valence-electron chi connectivity index (χ0n) is 20.4. The molecule has 0 bridgehead atoms. The van der Waals surface area contributed by atoms with Gasteiger partial charge in [-0.15, -0.1) is 0 Å². The summed E-state index contributed by atoms with van der Waals surface area (Å²) in [4.78, 5) is 51.1. The van der Waals surface area contributed by atoms with Gasteiger partial charge in [-0.1, -0.05) is 83.3 Å². The number of benzene rings is 4. The second kappa shape index (κ2) is 12.2. The summed E-state index contributed by atoms with van der Waals surface area (Å²) >= 11 is 1.82. The van der Waals surface area contributed by atoms with E-state index in [1.165, 1.54) is 30.3 Å². The van der Waals surface area contributed by atoms with Crippen molar-refractivity contribution in [2.75, 3.05) is 21.3 Å². The molecule has 10 heteroatoms. The van der Waals surface area contributed by atoms with Gasteiger partial charge in [0, 0.05) is 16.9 Å². The summed E-state index contributed by atoms with van der Waals surface area (Å²) in [7, 11) is 0. The van der Waals surface area contributed by atoms with Crippen LogP contribution in [0.25, 0.3) is 0 Å². The van der Waals surface area contributed by atoms with Gasteiger partial charge in [0.05, 0.1) is 11.4 Å². The van der Waals surface area contributed by atoms with Gasteiger partial charge in [-0.2, -0.15) is 0 Å². The Hall–Kier alpha value is -4.71. The molecule has 4 amide bonds. The highest BCUT2D eigenvalue weighted by molar-refractivity contribution is 14.1. The summed E-state index contributed by atoms with van der Waals surface area (Å²) in [5, 5.41) is 19.5. The lowest BCUT2D eigenvalue weighted by molar-refractivity contribution is -0.126. The van der Waals surface area contributed by atoms with Gasteiger partial charge < -0.3 is 21.1 Å². The van der Waals surface area contributed by atoms with Crippen LogP contribution in [0.4, 0.5) is 27.5 Å². The van der Waals surface area contributed by atoms with Crippen molar-refractivity contribution in [3.8, 4) is 0 Å². The molecule has 5 N–H and O–H groups in total. The summed E-state index contributed by atoms with van der Waals surface area (Å²) in [5.41, 5.74) is 2.16. The maximum Gasteiger partial charge on any atom is 0.409 e. The number of carbonyl (C=O) groups excluding carboxylic acids is 3. The van der Waals surface area contributed by atoms with E-state index in [1.54, 1.807) is 66.7 Å². The Morgan fingerprint density at radius 1 is 0.564 bits per heavy atom. The predicted octanol–water partition coefficient (Wildman–Crippen LogP) is 5.94. The van der Waals surface area contributed by atoms with Gasteiger partial charge >= 0.3 is 6.09 Å². The van der Waals surface area contributed by atoms with Crippen LogP contribution in [0.5, 0.6) is 0 Å². The third-order valence-electron chi connectivity index (χ3n) is 5.65. The largest absolute Gasteiger partial charge is 0.465 e. The summed E-state index contributed by atoms with van der Waals surface area (Å²) in [6.45, 7) is 0. The fourth-order valence-electron chi connectivity index (χ4n) is 3.70. The number of nitrogens with one attached hydrogen (secondary N) is 4. The molecule has 4 aromatic carbocycles. The van der Waals surface area contributed by atoms with E-state index in [1.807, 2.05) is 34.7 Å². The van der Waals surface area contributed by atoms with E-state index in [0.29, 0.717) is 16.9 Å². The van der Waals surface area contributed by atoms with Crippen molar-refractivity contribution in [2.24, 2.45) is 0 Å². The molecule has 0 aromatic heterocycles. The number of carboxylic acid groups (broad SMARTS) is 1. The Morgan fingerprint density at radius 2 is 1.00 bits per heavy atom. The van der Waals surface area contributed by atoms with Gasteiger partial charge in [-0.3, -0.25) is 19.7 Å². The van der Waals surface area contributed by atoms with Gasteiger partial charge in [-0.25, -0.2) is 4.79 Å². The molecular formula is C29H23IN4O5. The first-order chi connectivity index (χ1) is 18.8. The molecule has 0 unspecified atom stereocenters. The normalized spacial score (nSPS) is 10.7. The summed E-state index contributed by atoms with van der Waals surface area (Å²) in [6, 6.07) is 30.0. The van der Waals surface area contributed by atoms with E-state index < -0.39 is 27.2 Å². The van der Waals surface area contributed by atoms with E-state index in [0.717, 1.165) is 0 Å². The van der Waals surface area contributed by atoms with Gasteiger partial charge in [0.25, 0.3) is 17.7 Å². The molecule has 0 atom stereocenters. The number of halogens is 1. The van der Waals surface area contributed by atoms with Crippen LogP contribution in [-0.2, 0) is 13.0 Å². The molecule has 0 fully saturated rings. The van der Waals surface area contributed by atoms with Gasteiger partial charge in [0.15, 0.2) is 0 Å². The van der Waals surface area contributed by atoms with Crippen molar-refractivity contribution in [1.29, 1.82) is 0 Å². The Balaban J connectivity index is 1.61. The molecule has 0 spiro atoms. The third-order valence-corrected chi connectivity index (χ3v) is 7.25. The highest BCUT2D eigenvalue weighted by Crippen LogP contribution is 2.36. The molecule has 0 saturated heterocycles. The summed E-state index contributed by atoms with van der Waals surface area (Å²) in [6.07, 6.45) is -1.26. The average Bonchev–Trinajstić information content (AvgIpc) is 2.94. The standard InChI is InChI=1S/C29H23IN4O5/c30-29(26(36)31-21-9-3-1-4-10-21,27(37)32-22-11-5-2-6-12-22)20-17-15-19(16-18-20)25(35)33-23-13-7-8-14-24(23)34-28(38)39/h1-18,34H,(H,31,36)(H,32,37)(H,33,35)(H,38,39). The molecule has 0 saturated carbocycles. The van der Waals surface area contributed by atoms with Crippen molar-refractivity contribution in [3.63, 3.8) is 0 Å². The fourth-order valence-corrected chi connectivity index (χ4v) is 4.33. The van der Waals surface area contributed by atoms with Crippen LogP contribution in [0.15, 0.2) is 109 Å². The van der Waals surface area contributed by atoms with Crippen molar-refractivity contribution in [2.45, 2.75) is 3.42 Å². The van der Waals surface area contributed by atoms with Crippen molar-refractivity contribution < 1.29 is 24.3 Å². The molecule has 0 aliphatic heterocycles. The van der Waals surface area contributed by atoms with Crippen LogP contribution < -0.4 is 21.3 Å². The lowest BCUT2D eigenvalue weighted by atomic mass is 9.95. The summed E-state index contributed by atoms with van der Waals surface area (Å²) in [5.74, 6) is -1.62. The van der Waals surface area contributed by atoms with Crippen molar-refractivity contribution in [3.05, 3.63) is 120 Å². The lowest BCUT2D eigenvalue weighted by Crippen LogP contribution is -2.45. The van der Waals surface area contributed by atoms with Gasteiger partial charge in [0.2, 0.25) is 3.42 Å². The predicted molar refractivity (Wildman–Crippen MR) is 158 cm³/mol. The second-order valence-corrected chi connectivity index (χ2v) is 9.92. The second-order valence-electron chi connectivity index (χ2n) is 8.31. The van der Waals surface area contributed by atoms with Gasteiger partial charge in [0.1, 0.15) is 0 Å². The zero-order chi connectivity index (χ0) is 27.8. The first-order valence-corrected chi connectivity index (χ1v) is 12.8. The monoisotopic (exact) mass is 634 g/mol. The topological polar surface area (TPSA) is 137 Å². The number of carbonyl (C=O) groups is 4.